The lowest BCUT2D eigenvalue weighted by Crippen LogP contribution is -2.44. The van der Waals surface area contributed by atoms with Crippen molar-refractivity contribution in [2.75, 3.05) is 13.7 Å². The second-order valence-corrected chi connectivity index (χ2v) is 3.94. The van der Waals surface area contributed by atoms with E-state index in [9.17, 15) is 9.59 Å². The summed E-state index contributed by atoms with van der Waals surface area (Å²) >= 11 is 11.2. The zero-order valence-electron chi connectivity index (χ0n) is 9.18. The van der Waals surface area contributed by atoms with Crippen LogP contribution in [0.4, 0.5) is 0 Å². The van der Waals surface area contributed by atoms with Crippen molar-refractivity contribution in [3.05, 3.63) is 21.9 Å². The van der Waals surface area contributed by atoms with E-state index in [1.54, 1.807) is 0 Å². The monoisotopic (exact) mass is 293 g/mol. The van der Waals surface area contributed by atoms with E-state index < -0.39 is 17.9 Å². The van der Waals surface area contributed by atoms with Gasteiger partial charge in [0.25, 0.3) is 5.91 Å². The minimum atomic E-state index is -1.23. The van der Waals surface area contributed by atoms with E-state index >= 15 is 0 Å². The van der Waals surface area contributed by atoms with Crippen LogP contribution in [0.2, 0.25) is 10.3 Å². The third-order valence-corrected chi connectivity index (χ3v) is 2.36. The number of hydrogen-bond donors (Lipinski definition) is 2. The summed E-state index contributed by atoms with van der Waals surface area (Å²) in [4.78, 5) is 22.6. The molecule has 1 rings (SSSR count). The SMILES string of the molecule is COCC(NC(=O)c1cc(Cl)nnc1Cl)C(=O)O. The molecule has 1 unspecified atom stereocenters. The van der Waals surface area contributed by atoms with Crippen LogP contribution in [0.15, 0.2) is 6.07 Å². The molecule has 0 radical (unpaired) electrons. The molecule has 0 aromatic carbocycles. The Morgan fingerprint density at radius 2 is 2.17 bits per heavy atom. The fraction of sp³-hybridized carbons (Fsp3) is 0.333. The summed E-state index contributed by atoms with van der Waals surface area (Å²) in [7, 11) is 1.32. The Morgan fingerprint density at radius 3 is 2.72 bits per heavy atom. The van der Waals surface area contributed by atoms with Gasteiger partial charge < -0.3 is 15.2 Å². The number of nitrogens with zero attached hydrogens (tertiary/aromatic N) is 2. The summed E-state index contributed by atoms with van der Waals surface area (Å²) in [6, 6.07) is 0.00305. The van der Waals surface area contributed by atoms with Crippen LogP contribution in [0, 0.1) is 0 Å². The Bertz CT molecular complexity index is 469. The van der Waals surface area contributed by atoms with Crippen molar-refractivity contribution in [1.29, 1.82) is 0 Å². The molecule has 18 heavy (non-hydrogen) atoms. The van der Waals surface area contributed by atoms with Gasteiger partial charge >= 0.3 is 5.97 Å². The molecule has 7 nitrogen and oxygen atoms in total. The summed E-state index contributed by atoms with van der Waals surface area (Å²) in [5, 5.41) is 17.8. The number of carbonyl (C=O) groups excluding carboxylic acids is 1. The first-order valence-corrected chi connectivity index (χ1v) is 5.42. The number of carbonyl (C=O) groups is 2. The average Bonchev–Trinajstić information content (AvgIpc) is 2.31. The van der Waals surface area contributed by atoms with Gasteiger partial charge in [-0.25, -0.2) is 4.79 Å². The minimum Gasteiger partial charge on any atom is -0.480 e. The second kappa shape index (κ2) is 6.48. The molecular formula is C9H9Cl2N3O4. The van der Waals surface area contributed by atoms with E-state index in [0.717, 1.165) is 0 Å². The Hall–Kier alpha value is -1.44. The Morgan fingerprint density at radius 1 is 1.50 bits per heavy atom. The van der Waals surface area contributed by atoms with Gasteiger partial charge in [0.15, 0.2) is 16.3 Å². The van der Waals surface area contributed by atoms with E-state index in [1.807, 2.05) is 0 Å². The van der Waals surface area contributed by atoms with Crippen LogP contribution in [0.3, 0.4) is 0 Å². The van der Waals surface area contributed by atoms with Gasteiger partial charge in [0.2, 0.25) is 0 Å². The Labute approximate surface area is 112 Å². The van der Waals surface area contributed by atoms with Gasteiger partial charge in [-0.2, -0.15) is 0 Å². The third kappa shape index (κ3) is 3.80. The molecule has 0 aliphatic heterocycles. The first kappa shape index (κ1) is 14.6. The molecule has 0 fully saturated rings. The number of nitrogens with one attached hydrogen (secondary N) is 1. The van der Waals surface area contributed by atoms with Crippen molar-refractivity contribution in [2.45, 2.75) is 6.04 Å². The summed E-state index contributed by atoms with van der Waals surface area (Å²) in [6.45, 7) is -0.176. The number of hydrogen-bond acceptors (Lipinski definition) is 5. The van der Waals surface area contributed by atoms with E-state index in [-0.39, 0.29) is 22.5 Å². The summed E-state index contributed by atoms with van der Waals surface area (Å²) in [5.74, 6) is -1.95. The van der Waals surface area contributed by atoms with Gasteiger partial charge in [-0.1, -0.05) is 23.2 Å². The molecule has 0 saturated heterocycles. The highest BCUT2D eigenvalue weighted by Crippen LogP contribution is 2.15. The maximum atomic E-state index is 11.8. The van der Waals surface area contributed by atoms with Crippen molar-refractivity contribution in [2.24, 2.45) is 0 Å². The molecule has 0 saturated carbocycles. The number of aliphatic carboxylic acids is 1. The summed E-state index contributed by atoms with van der Waals surface area (Å²) in [5.41, 5.74) is -0.0565. The normalized spacial score (nSPS) is 11.9. The molecule has 0 aliphatic carbocycles. The lowest BCUT2D eigenvalue weighted by molar-refractivity contribution is -0.140. The van der Waals surface area contributed by atoms with E-state index in [0.29, 0.717) is 0 Å². The van der Waals surface area contributed by atoms with E-state index in [4.69, 9.17) is 28.3 Å². The summed E-state index contributed by atoms with van der Waals surface area (Å²) in [6.07, 6.45) is 0. The third-order valence-electron chi connectivity index (χ3n) is 1.90. The first-order valence-electron chi connectivity index (χ1n) is 4.67. The molecule has 98 valence electrons. The zero-order chi connectivity index (χ0) is 13.7. The Balaban J connectivity index is 2.86. The molecule has 2 N–H and O–H groups in total. The van der Waals surface area contributed by atoms with Crippen LogP contribution in [-0.4, -0.2) is 46.9 Å². The molecule has 1 aromatic rings. The summed E-state index contributed by atoms with van der Waals surface area (Å²) < 4.78 is 4.67. The predicted molar refractivity (Wildman–Crippen MR) is 62.8 cm³/mol. The number of carboxylic acid groups (broad SMARTS) is 1. The maximum absolute atomic E-state index is 11.8. The Kier molecular flexibility index (Phi) is 5.26. The van der Waals surface area contributed by atoms with Crippen LogP contribution in [0.1, 0.15) is 10.4 Å². The smallest absolute Gasteiger partial charge is 0.328 e. The number of amides is 1. The van der Waals surface area contributed by atoms with Gasteiger partial charge in [-0.15, -0.1) is 10.2 Å². The van der Waals surface area contributed by atoms with Crippen molar-refractivity contribution in [3.63, 3.8) is 0 Å². The van der Waals surface area contributed by atoms with E-state index in [1.165, 1.54) is 13.2 Å². The van der Waals surface area contributed by atoms with Crippen LogP contribution >= 0.6 is 23.2 Å². The molecule has 1 heterocycles. The number of rotatable bonds is 5. The van der Waals surface area contributed by atoms with Gasteiger partial charge in [0, 0.05) is 7.11 Å². The van der Waals surface area contributed by atoms with E-state index in [2.05, 4.69) is 20.3 Å². The van der Waals surface area contributed by atoms with Gasteiger partial charge in [0.1, 0.15) is 0 Å². The number of carboxylic acids is 1. The fourth-order valence-electron chi connectivity index (χ4n) is 1.09. The topological polar surface area (TPSA) is 101 Å². The number of methoxy groups -OCH3 is 1. The second-order valence-electron chi connectivity index (χ2n) is 3.19. The lowest BCUT2D eigenvalue weighted by Gasteiger charge is -2.13. The quantitative estimate of drug-likeness (QED) is 0.825. The average molecular weight is 294 g/mol. The fourth-order valence-corrected chi connectivity index (χ4v) is 1.41. The van der Waals surface area contributed by atoms with Crippen LogP contribution in [-0.2, 0) is 9.53 Å². The van der Waals surface area contributed by atoms with Gasteiger partial charge in [-0.3, -0.25) is 4.79 Å². The number of ether oxygens (including phenoxy) is 1. The highest BCUT2D eigenvalue weighted by molar-refractivity contribution is 6.34. The largest absolute Gasteiger partial charge is 0.480 e. The predicted octanol–water partition coefficient (Wildman–Crippen LogP) is 0.613. The van der Waals surface area contributed by atoms with Crippen LogP contribution in [0.5, 0.6) is 0 Å². The molecule has 0 spiro atoms. The first-order chi connectivity index (χ1) is 8.45. The molecule has 0 bridgehead atoms. The molecule has 0 aliphatic rings. The van der Waals surface area contributed by atoms with Crippen LogP contribution < -0.4 is 5.32 Å². The zero-order valence-corrected chi connectivity index (χ0v) is 10.7. The van der Waals surface area contributed by atoms with Crippen LogP contribution in [0.25, 0.3) is 0 Å². The maximum Gasteiger partial charge on any atom is 0.328 e. The highest BCUT2D eigenvalue weighted by atomic mass is 35.5. The molecular weight excluding hydrogens is 285 g/mol. The molecule has 1 atom stereocenters. The standard InChI is InChI=1S/C9H9Cl2N3O4/c1-18-3-5(9(16)17)12-8(15)4-2-6(10)13-14-7(4)11/h2,5H,3H2,1H3,(H,12,15)(H,16,17). The lowest BCUT2D eigenvalue weighted by atomic mass is 10.2. The molecule has 9 heteroatoms. The van der Waals surface area contributed by atoms with Crippen molar-refractivity contribution < 1.29 is 19.4 Å². The van der Waals surface area contributed by atoms with Crippen molar-refractivity contribution >= 4 is 35.1 Å². The van der Waals surface area contributed by atoms with Gasteiger partial charge in [-0.05, 0) is 6.07 Å². The van der Waals surface area contributed by atoms with Gasteiger partial charge in [0.05, 0.1) is 12.2 Å². The number of halogens is 2. The highest BCUT2D eigenvalue weighted by Gasteiger charge is 2.22. The molecule has 1 amide bonds. The van der Waals surface area contributed by atoms with Crippen molar-refractivity contribution in [1.82, 2.24) is 15.5 Å². The molecule has 1 aromatic heterocycles. The number of aromatic nitrogens is 2. The van der Waals surface area contributed by atoms with Crippen molar-refractivity contribution in [3.8, 4) is 0 Å². The minimum absolute atomic E-state index is 0.0248.